The zero-order valence-electron chi connectivity index (χ0n) is 45.5. The number of esters is 3. The van der Waals surface area contributed by atoms with Gasteiger partial charge in [0.25, 0.3) is 0 Å². The third kappa shape index (κ3) is 52.0. The fourth-order valence-corrected chi connectivity index (χ4v) is 7.19. The molecule has 414 valence electrons. The number of allylic oxidation sites excluding steroid dienone is 25. The zero-order valence-corrected chi connectivity index (χ0v) is 46.4. The van der Waals surface area contributed by atoms with Gasteiger partial charge < -0.3 is 24.2 Å². The smallest absolute Gasteiger partial charge is 0.462 e. The normalized spacial score (nSPS) is 14.6. The van der Waals surface area contributed by atoms with Crippen LogP contribution in [-0.2, 0) is 42.2 Å². The number of unbranched alkanes of at least 4 members (excludes halogenated alkanes) is 6. The van der Waals surface area contributed by atoms with Crippen LogP contribution in [0.3, 0.4) is 0 Å². The molecular weight excluding hydrogens is 952 g/mol. The standard InChI is InChI=1S/C62H95O11P/c1-4-7-10-13-16-19-22-25-28-29-32-33-36-39-42-45-48-51-60(64)69-55-59(73-62(66)53-50-47-44-41-38-35-31-27-24-21-18-15-12-9-6-3)57-71-74(67,68)70-56-58(54-63)72-61(65)52-49-46-43-40-37-34-30-26-23-20-17-14-11-8-5-2/h7-12,16-21,25-28,30-33,37-38,40-41,47,50,58-59,63H,4-6,13-15,22-24,29,34-36,39,42-46,48-49,51-57H2,1-3H3,(H,67,68)/b10-7-,11-8-,12-9-,19-16-,20-17-,21-18-,28-25-,30-26-,31-27-,33-32-,40-37-,41-38-,50-47-. The highest BCUT2D eigenvalue weighted by atomic mass is 31.2. The molecule has 0 aliphatic carbocycles. The Balaban J connectivity index is 4.95. The molecule has 0 aliphatic heterocycles. The van der Waals surface area contributed by atoms with Gasteiger partial charge in [-0.15, -0.1) is 0 Å². The number of hydrogen-bond donors (Lipinski definition) is 2. The van der Waals surface area contributed by atoms with Crippen molar-refractivity contribution in [2.24, 2.45) is 0 Å². The second-order valence-electron chi connectivity index (χ2n) is 17.3. The Labute approximate surface area is 447 Å². The van der Waals surface area contributed by atoms with Gasteiger partial charge in [-0.25, -0.2) is 4.57 Å². The number of phosphoric acid groups is 1. The molecule has 2 N–H and O–H groups in total. The van der Waals surface area contributed by atoms with Crippen LogP contribution >= 0.6 is 7.82 Å². The van der Waals surface area contributed by atoms with Crippen LogP contribution in [0.2, 0.25) is 0 Å². The van der Waals surface area contributed by atoms with Crippen molar-refractivity contribution in [1.29, 1.82) is 0 Å². The number of aliphatic hydroxyl groups is 1. The number of carbonyl (C=O) groups excluding carboxylic acids is 3. The summed E-state index contributed by atoms with van der Waals surface area (Å²) in [7, 11) is -4.80. The Morgan fingerprint density at radius 3 is 1.14 bits per heavy atom. The monoisotopic (exact) mass is 1050 g/mol. The van der Waals surface area contributed by atoms with Crippen LogP contribution in [0.25, 0.3) is 0 Å². The summed E-state index contributed by atoms with van der Waals surface area (Å²) in [6.45, 7) is 4.07. The third-order valence-corrected chi connectivity index (χ3v) is 11.4. The largest absolute Gasteiger partial charge is 0.472 e. The van der Waals surface area contributed by atoms with E-state index in [1.807, 2.05) is 18.2 Å². The van der Waals surface area contributed by atoms with Gasteiger partial charge in [0.15, 0.2) is 6.10 Å². The van der Waals surface area contributed by atoms with Crippen LogP contribution in [-0.4, -0.2) is 66.5 Å². The molecule has 3 unspecified atom stereocenters. The van der Waals surface area contributed by atoms with Crippen LogP contribution in [0.1, 0.15) is 175 Å². The fourth-order valence-electron chi connectivity index (χ4n) is 6.41. The fraction of sp³-hybridized carbons (Fsp3) is 0.532. The molecule has 0 saturated heterocycles. The van der Waals surface area contributed by atoms with Crippen molar-refractivity contribution >= 4 is 25.7 Å². The molecular formula is C62H95O11P. The van der Waals surface area contributed by atoms with E-state index in [1.165, 1.54) is 0 Å². The Hall–Kier alpha value is -4.90. The zero-order chi connectivity index (χ0) is 54.1. The van der Waals surface area contributed by atoms with Gasteiger partial charge >= 0.3 is 25.7 Å². The van der Waals surface area contributed by atoms with Crippen molar-refractivity contribution < 1.29 is 52.2 Å². The predicted octanol–water partition coefficient (Wildman–Crippen LogP) is 16.1. The lowest BCUT2D eigenvalue weighted by molar-refractivity contribution is -0.160. The first kappa shape index (κ1) is 69.1. The summed E-state index contributed by atoms with van der Waals surface area (Å²) in [6.07, 6.45) is 71.0. The summed E-state index contributed by atoms with van der Waals surface area (Å²) < 4.78 is 39.2. The van der Waals surface area contributed by atoms with E-state index >= 15 is 0 Å². The minimum Gasteiger partial charge on any atom is -0.462 e. The molecule has 0 fully saturated rings. The number of rotatable bonds is 48. The first-order valence-electron chi connectivity index (χ1n) is 27.4. The third-order valence-electron chi connectivity index (χ3n) is 10.5. The van der Waals surface area contributed by atoms with Gasteiger partial charge in [-0.05, 0) is 122 Å². The molecule has 3 atom stereocenters. The summed E-state index contributed by atoms with van der Waals surface area (Å²) in [5, 5.41) is 9.79. The molecule has 12 heteroatoms. The minimum atomic E-state index is -4.80. The summed E-state index contributed by atoms with van der Waals surface area (Å²) in [5.41, 5.74) is 0. The van der Waals surface area contributed by atoms with Crippen molar-refractivity contribution in [1.82, 2.24) is 0 Å². The molecule has 0 aromatic carbocycles. The van der Waals surface area contributed by atoms with E-state index < -0.39 is 64.4 Å². The minimum absolute atomic E-state index is 0.0832. The van der Waals surface area contributed by atoms with Crippen LogP contribution < -0.4 is 0 Å². The molecule has 11 nitrogen and oxygen atoms in total. The topological polar surface area (TPSA) is 155 Å². The van der Waals surface area contributed by atoms with E-state index in [0.717, 1.165) is 116 Å². The number of ether oxygens (including phenoxy) is 3. The number of aliphatic hydroxyl groups excluding tert-OH is 1. The van der Waals surface area contributed by atoms with E-state index in [4.69, 9.17) is 23.3 Å². The summed E-state index contributed by atoms with van der Waals surface area (Å²) >= 11 is 0. The summed E-state index contributed by atoms with van der Waals surface area (Å²) in [4.78, 5) is 48.4. The van der Waals surface area contributed by atoms with E-state index in [-0.39, 0.29) is 19.3 Å². The lowest BCUT2D eigenvalue weighted by atomic mass is 10.1. The highest BCUT2D eigenvalue weighted by Crippen LogP contribution is 2.43. The Kier molecular flexibility index (Phi) is 50.8. The number of carbonyl (C=O) groups is 3. The van der Waals surface area contributed by atoms with Gasteiger partial charge in [0, 0.05) is 12.8 Å². The Bertz CT molecular complexity index is 1840. The molecule has 0 heterocycles. The average Bonchev–Trinajstić information content (AvgIpc) is 3.39. The SMILES string of the molecule is CC/C=C\C/C=C\C/C=C\C/C=C\C/C=C\CC(=O)OC(COC(=O)CCCCCC/C=C\C/C=C\C/C=C\C/C=C\CC)COP(=O)(O)OCC(CO)OC(=O)CCCC/C=C\C/C=C\C/C=C\C/C=C\CC. The Morgan fingerprint density at radius 1 is 0.392 bits per heavy atom. The van der Waals surface area contributed by atoms with Crippen molar-refractivity contribution in [3.05, 3.63) is 158 Å². The van der Waals surface area contributed by atoms with Crippen molar-refractivity contribution in [3.63, 3.8) is 0 Å². The molecule has 0 rings (SSSR count). The highest BCUT2D eigenvalue weighted by Gasteiger charge is 2.28. The second kappa shape index (κ2) is 54.4. The first-order chi connectivity index (χ1) is 36.2. The number of hydrogen-bond acceptors (Lipinski definition) is 10. The van der Waals surface area contributed by atoms with Crippen LogP contribution in [0.5, 0.6) is 0 Å². The molecule has 74 heavy (non-hydrogen) atoms. The first-order valence-corrected chi connectivity index (χ1v) is 28.9. The molecule has 0 spiro atoms. The summed E-state index contributed by atoms with van der Waals surface area (Å²) in [5.74, 6) is -1.72. The molecule has 0 amide bonds. The van der Waals surface area contributed by atoms with Gasteiger partial charge in [0.05, 0.1) is 26.2 Å². The van der Waals surface area contributed by atoms with Crippen LogP contribution in [0, 0.1) is 0 Å². The van der Waals surface area contributed by atoms with Crippen LogP contribution in [0.4, 0.5) is 0 Å². The lowest BCUT2D eigenvalue weighted by Gasteiger charge is -2.21. The van der Waals surface area contributed by atoms with Gasteiger partial charge in [-0.2, -0.15) is 0 Å². The van der Waals surface area contributed by atoms with Gasteiger partial charge in [0.1, 0.15) is 12.7 Å². The van der Waals surface area contributed by atoms with Crippen LogP contribution in [0.15, 0.2) is 158 Å². The average molecular weight is 1050 g/mol. The van der Waals surface area contributed by atoms with Crippen molar-refractivity contribution in [2.45, 2.75) is 187 Å². The van der Waals surface area contributed by atoms with Crippen molar-refractivity contribution in [3.8, 4) is 0 Å². The lowest BCUT2D eigenvalue weighted by Crippen LogP contribution is -2.30. The predicted molar refractivity (Wildman–Crippen MR) is 306 cm³/mol. The van der Waals surface area contributed by atoms with Gasteiger partial charge in [0.2, 0.25) is 0 Å². The molecule has 0 aromatic rings. The van der Waals surface area contributed by atoms with Gasteiger partial charge in [-0.1, -0.05) is 192 Å². The van der Waals surface area contributed by atoms with E-state index in [0.29, 0.717) is 19.3 Å². The van der Waals surface area contributed by atoms with Gasteiger partial charge in [-0.3, -0.25) is 23.4 Å². The quantitative estimate of drug-likeness (QED) is 0.0197. The van der Waals surface area contributed by atoms with Crippen molar-refractivity contribution in [2.75, 3.05) is 26.4 Å². The maximum Gasteiger partial charge on any atom is 0.472 e. The van der Waals surface area contributed by atoms with E-state index in [2.05, 4.69) is 154 Å². The highest BCUT2D eigenvalue weighted by molar-refractivity contribution is 7.47. The second-order valence-corrected chi connectivity index (χ2v) is 18.7. The summed E-state index contributed by atoms with van der Waals surface area (Å²) in [6, 6.07) is 0. The van der Waals surface area contributed by atoms with E-state index in [1.54, 1.807) is 6.08 Å². The molecule has 0 aliphatic rings. The van der Waals surface area contributed by atoms with E-state index in [9.17, 15) is 28.9 Å². The number of phosphoric ester groups is 1. The molecule has 0 saturated carbocycles. The molecule has 0 bridgehead atoms. The maximum atomic E-state index is 12.9. The Morgan fingerprint density at radius 2 is 0.716 bits per heavy atom. The molecule has 0 radical (unpaired) electrons. The molecule has 0 aromatic heterocycles. The maximum absolute atomic E-state index is 12.9.